The van der Waals surface area contributed by atoms with Gasteiger partial charge in [0.2, 0.25) is 0 Å². The van der Waals surface area contributed by atoms with E-state index in [1.807, 2.05) is 25.1 Å². The van der Waals surface area contributed by atoms with E-state index in [9.17, 15) is 9.59 Å². The van der Waals surface area contributed by atoms with Gasteiger partial charge >= 0.3 is 11.8 Å². The largest absolute Gasteiger partial charge is 0.348 e. The van der Waals surface area contributed by atoms with E-state index in [0.29, 0.717) is 12.2 Å². The van der Waals surface area contributed by atoms with Crippen molar-refractivity contribution in [2.75, 3.05) is 11.9 Å². The summed E-state index contributed by atoms with van der Waals surface area (Å²) in [5.74, 6) is -1.28. The Bertz CT molecular complexity index is 576. The Morgan fingerprint density at radius 2 is 1.90 bits per heavy atom. The molecule has 0 bridgehead atoms. The van der Waals surface area contributed by atoms with Crippen LogP contribution in [0.5, 0.6) is 0 Å². The van der Waals surface area contributed by atoms with Crippen LogP contribution in [0.15, 0.2) is 36.5 Å². The fraction of sp³-hybridized carbons (Fsp3) is 0.214. The summed E-state index contributed by atoms with van der Waals surface area (Å²) in [6.07, 6.45) is 2.46. The molecule has 0 saturated carbocycles. The summed E-state index contributed by atoms with van der Waals surface area (Å²) >= 11 is 0. The number of carbonyl (C=O) groups is 2. The first kappa shape index (κ1) is 13.8. The van der Waals surface area contributed by atoms with Crippen LogP contribution in [0.2, 0.25) is 0 Å². The highest BCUT2D eigenvalue weighted by Crippen LogP contribution is 2.18. The number of nitrogens with zero attached hydrogens (tertiary/aromatic N) is 1. The van der Waals surface area contributed by atoms with Crippen molar-refractivity contribution in [3.05, 3.63) is 36.5 Å². The quantitative estimate of drug-likeness (QED) is 0.738. The lowest BCUT2D eigenvalue weighted by atomic mass is 10.1. The van der Waals surface area contributed by atoms with E-state index in [1.165, 1.54) is 0 Å². The summed E-state index contributed by atoms with van der Waals surface area (Å²) in [5.41, 5.74) is 2.42. The van der Waals surface area contributed by atoms with Crippen LogP contribution < -0.4 is 10.6 Å². The van der Waals surface area contributed by atoms with Crippen molar-refractivity contribution in [1.29, 1.82) is 0 Å². The lowest BCUT2D eigenvalue weighted by Gasteiger charge is -2.06. The highest BCUT2D eigenvalue weighted by atomic mass is 16.2. The van der Waals surface area contributed by atoms with Gasteiger partial charge in [-0.1, -0.05) is 19.1 Å². The van der Waals surface area contributed by atoms with Gasteiger partial charge in [-0.25, -0.2) is 0 Å². The first-order chi connectivity index (χ1) is 9.70. The van der Waals surface area contributed by atoms with Crippen LogP contribution >= 0.6 is 0 Å². The second-order valence-electron chi connectivity index (χ2n) is 4.26. The number of rotatable bonds is 4. The summed E-state index contributed by atoms with van der Waals surface area (Å²) in [7, 11) is 0. The molecular formula is C14H16N4O2. The van der Waals surface area contributed by atoms with Crippen LogP contribution in [0.1, 0.15) is 13.3 Å². The maximum Gasteiger partial charge on any atom is 0.313 e. The maximum atomic E-state index is 11.6. The Hall–Kier alpha value is -2.63. The van der Waals surface area contributed by atoms with Crippen LogP contribution in [0.25, 0.3) is 11.3 Å². The molecule has 1 aromatic heterocycles. The zero-order valence-electron chi connectivity index (χ0n) is 11.1. The van der Waals surface area contributed by atoms with Gasteiger partial charge in [-0.15, -0.1) is 0 Å². The second kappa shape index (κ2) is 6.51. The van der Waals surface area contributed by atoms with Crippen molar-refractivity contribution >= 4 is 17.5 Å². The topological polar surface area (TPSA) is 86.9 Å². The molecule has 6 heteroatoms. The Kier molecular flexibility index (Phi) is 4.49. The third kappa shape index (κ3) is 3.44. The molecule has 0 unspecified atom stereocenters. The smallest absolute Gasteiger partial charge is 0.313 e. The van der Waals surface area contributed by atoms with E-state index in [1.54, 1.807) is 18.3 Å². The normalized spacial score (nSPS) is 10.1. The number of aromatic amines is 1. The first-order valence-corrected chi connectivity index (χ1v) is 6.39. The standard InChI is InChI=1S/C14H16N4O2/c1-2-8-15-13(19)14(20)17-11-5-3-10(4-6-11)12-7-9-16-18-12/h3-7,9H,2,8H2,1H3,(H,15,19)(H,16,18)(H,17,20). The SMILES string of the molecule is CCCNC(=O)C(=O)Nc1ccc(-c2ccn[nH]2)cc1. The molecule has 0 aliphatic carbocycles. The molecule has 1 aromatic carbocycles. The van der Waals surface area contributed by atoms with Crippen LogP contribution in [0.4, 0.5) is 5.69 Å². The lowest BCUT2D eigenvalue weighted by molar-refractivity contribution is -0.136. The molecule has 2 aromatic rings. The number of hydrogen-bond acceptors (Lipinski definition) is 3. The van der Waals surface area contributed by atoms with Crippen LogP contribution in [0, 0.1) is 0 Å². The molecule has 0 saturated heterocycles. The van der Waals surface area contributed by atoms with Gasteiger partial charge in [0.15, 0.2) is 0 Å². The van der Waals surface area contributed by atoms with E-state index in [4.69, 9.17) is 0 Å². The fourth-order valence-corrected chi connectivity index (χ4v) is 1.66. The molecule has 6 nitrogen and oxygen atoms in total. The minimum absolute atomic E-state index is 0.491. The van der Waals surface area contributed by atoms with E-state index in [-0.39, 0.29) is 0 Å². The van der Waals surface area contributed by atoms with Crippen LogP contribution in [-0.2, 0) is 9.59 Å². The molecule has 20 heavy (non-hydrogen) atoms. The number of benzene rings is 1. The number of anilines is 1. The average molecular weight is 272 g/mol. The van der Waals surface area contributed by atoms with Crippen LogP contribution in [-0.4, -0.2) is 28.6 Å². The van der Waals surface area contributed by atoms with E-state index in [0.717, 1.165) is 17.7 Å². The molecule has 3 N–H and O–H groups in total. The Labute approximate surface area is 116 Å². The van der Waals surface area contributed by atoms with Crippen molar-refractivity contribution < 1.29 is 9.59 Å². The fourth-order valence-electron chi connectivity index (χ4n) is 1.66. The number of aromatic nitrogens is 2. The van der Waals surface area contributed by atoms with Gasteiger partial charge < -0.3 is 10.6 Å². The molecule has 0 atom stereocenters. The van der Waals surface area contributed by atoms with Crippen molar-refractivity contribution in [2.24, 2.45) is 0 Å². The highest BCUT2D eigenvalue weighted by molar-refractivity contribution is 6.39. The van der Waals surface area contributed by atoms with E-state index >= 15 is 0 Å². The van der Waals surface area contributed by atoms with Gasteiger partial charge in [0, 0.05) is 18.4 Å². The molecule has 0 radical (unpaired) electrons. The molecule has 0 fully saturated rings. The monoisotopic (exact) mass is 272 g/mol. The Balaban J connectivity index is 1.97. The minimum Gasteiger partial charge on any atom is -0.348 e. The summed E-state index contributed by atoms with van der Waals surface area (Å²) in [5, 5.41) is 11.8. The summed E-state index contributed by atoms with van der Waals surface area (Å²) in [4.78, 5) is 23.0. The van der Waals surface area contributed by atoms with Gasteiger partial charge in [0.05, 0.1) is 5.69 Å². The average Bonchev–Trinajstić information content (AvgIpc) is 2.99. The van der Waals surface area contributed by atoms with Crippen molar-refractivity contribution in [2.45, 2.75) is 13.3 Å². The number of hydrogen-bond donors (Lipinski definition) is 3. The first-order valence-electron chi connectivity index (χ1n) is 6.39. The number of H-pyrrole nitrogens is 1. The van der Waals surface area contributed by atoms with Gasteiger partial charge in [-0.2, -0.15) is 5.10 Å². The van der Waals surface area contributed by atoms with Gasteiger partial charge in [-0.3, -0.25) is 14.7 Å². The zero-order valence-corrected chi connectivity index (χ0v) is 11.1. The Morgan fingerprint density at radius 3 is 2.50 bits per heavy atom. The Morgan fingerprint density at radius 1 is 1.15 bits per heavy atom. The lowest BCUT2D eigenvalue weighted by Crippen LogP contribution is -2.35. The number of amides is 2. The van der Waals surface area contributed by atoms with Gasteiger partial charge in [0.1, 0.15) is 0 Å². The van der Waals surface area contributed by atoms with E-state index < -0.39 is 11.8 Å². The second-order valence-corrected chi connectivity index (χ2v) is 4.26. The summed E-state index contributed by atoms with van der Waals surface area (Å²) < 4.78 is 0. The molecule has 104 valence electrons. The summed E-state index contributed by atoms with van der Waals surface area (Å²) in [6.45, 7) is 2.41. The van der Waals surface area contributed by atoms with Crippen LogP contribution in [0.3, 0.4) is 0 Å². The molecule has 2 rings (SSSR count). The van der Waals surface area contributed by atoms with Crippen molar-refractivity contribution in [1.82, 2.24) is 15.5 Å². The maximum absolute atomic E-state index is 11.6. The van der Waals surface area contributed by atoms with E-state index in [2.05, 4.69) is 20.8 Å². The highest BCUT2D eigenvalue weighted by Gasteiger charge is 2.12. The summed E-state index contributed by atoms with van der Waals surface area (Å²) in [6, 6.07) is 9.01. The molecule has 0 aliphatic rings. The molecule has 0 spiro atoms. The zero-order chi connectivity index (χ0) is 14.4. The third-order valence-corrected chi connectivity index (χ3v) is 2.70. The molecule has 2 amide bonds. The third-order valence-electron chi connectivity index (χ3n) is 2.70. The molecule has 0 aliphatic heterocycles. The van der Waals surface area contributed by atoms with Gasteiger partial charge in [-0.05, 0) is 30.2 Å². The molecule has 1 heterocycles. The number of nitrogens with one attached hydrogen (secondary N) is 3. The van der Waals surface area contributed by atoms with Crippen molar-refractivity contribution in [3.8, 4) is 11.3 Å². The van der Waals surface area contributed by atoms with Gasteiger partial charge in [0.25, 0.3) is 0 Å². The predicted octanol–water partition coefficient (Wildman–Crippen LogP) is 1.54. The number of carbonyl (C=O) groups excluding carboxylic acids is 2. The minimum atomic E-state index is -0.659. The predicted molar refractivity (Wildman–Crippen MR) is 76.0 cm³/mol. The molecular weight excluding hydrogens is 256 g/mol. The van der Waals surface area contributed by atoms with Crippen molar-refractivity contribution in [3.63, 3.8) is 0 Å².